The molecule has 0 N–H and O–H groups in total. The standard InChI is InChI=1S/2C4H9.2C3H8S2.Sn/c2*1-4(2)3;2*1-5-3-2-4;/h2*1-3H3;2*4H,2-3H2,1H3;/q;;;;+2/p-2. The van der Waals surface area contributed by atoms with Crippen LogP contribution in [0.15, 0.2) is 0 Å². The zero-order valence-electron chi connectivity index (χ0n) is 14.0. The molecule has 0 rings (SSSR count). The number of thioether (sulfide) groups is 2. The zero-order chi connectivity index (χ0) is 15.2. The Morgan fingerprint density at radius 1 is 0.632 bits per heavy atom. The molecule has 0 aliphatic rings. The Labute approximate surface area is 139 Å². The molecule has 0 aromatic rings. The van der Waals surface area contributed by atoms with Gasteiger partial charge in [-0.25, -0.2) is 0 Å². The summed E-state index contributed by atoms with van der Waals surface area (Å²) < 4.78 is 1.03. The predicted octanol–water partition coefficient (Wildman–Crippen LogP) is 6.22. The third kappa shape index (κ3) is 6.45. The van der Waals surface area contributed by atoms with Crippen molar-refractivity contribution in [2.24, 2.45) is 0 Å². The van der Waals surface area contributed by atoms with Crippen LogP contribution in [-0.2, 0) is 0 Å². The average molecular weight is 447 g/mol. The summed E-state index contributed by atoms with van der Waals surface area (Å²) in [5, 5.41) is 0. The van der Waals surface area contributed by atoms with E-state index in [1.807, 2.05) is 23.5 Å². The van der Waals surface area contributed by atoms with Crippen molar-refractivity contribution in [2.45, 2.75) is 48.4 Å². The van der Waals surface area contributed by atoms with E-state index in [1.54, 1.807) is 0 Å². The molecule has 116 valence electrons. The van der Waals surface area contributed by atoms with E-state index in [-0.39, 0.29) is 0 Å². The molecule has 0 aliphatic heterocycles. The summed E-state index contributed by atoms with van der Waals surface area (Å²) in [5.74, 6) is 5.30. The van der Waals surface area contributed by atoms with Gasteiger partial charge in [-0.1, -0.05) is 0 Å². The second-order valence-corrected chi connectivity index (χ2v) is 37.1. The number of hydrogen-bond donors (Lipinski definition) is 0. The number of hydrogen-bond acceptors (Lipinski definition) is 4. The maximum absolute atomic E-state index is 2.51. The first kappa shape index (κ1) is 21.2. The molecule has 0 nitrogen and oxygen atoms in total. The summed E-state index contributed by atoms with van der Waals surface area (Å²) in [6, 6.07) is 0. The van der Waals surface area contributed by atoms with Gasteiger partial charge in [0.1, 0.15) is 0 Å². The summed E-state index contributed by atoms with van der Waals surface area (Å²) in [4.78, 5) is 0. The molecule has 5 heteroatoms. The first-order valence-corrected chi connectivity index (χ1v) is 21.5. The summed E-state index contributed by atoms with van der Waals surface area (Å²) in [6.45, 7) is 15.0. The Balaban J connectivity index is 5.11. The van der Waals surface area contributed by atoms with Crippen LogP contribution in [0.25, 0.3) is 0 Å². The van der Waals surface area contributed by atoms with Crippen LogP contribution in [0.5, 0.6) is 0 Å². The van der Waals surface area contributed by atoms with Crippen LogP contribution < -0.4 is 0 Å². The van der Waals surface area contributed by atoms with Crippen molar-refractivity contribution < 1.29 is 0 Å². The van der Waals surface area contributed by atoms with Crippen LogP contribution in [0.3, 0.4) is 0 Å². The van der Waals surface area contributed by atoms with Crippen molar-refractivity contribution in [1.29, 1.82) is 0 Å². The fourth-order valence-corrected chi connectivity index (χ4v) is 43.2. The van der Waals surface area contributed by atoms with E-state index in [1.165, 1.54) is 23.0 Å². The fraction of sp³-hybridized carbons (Fsp3) is 1.00. The van der Waals surface area contributed by atoms with Gasteiger partial charge in [0, 0.05) is 0 Å². The molecule has 0 radical (unpaired) electrons. The van der Waals surface area contributed by atoms with E-state index in [0.29, 0.717) is 6.86 Å². The fourth-order valence-electron chi connectivity index (χ4n) is 2.57. The second kappa shape index (κ2) is 9.36. The monoisotopic (exact) mass is 448 g/mol. The predicted molar refractivity (Wildman–Crippen MR) is 107 cm³/mol. The quantitative estimate of drug-likeness (QED) is 0.320. The molecular formula is C14H32S4Sn. The third-order valence-electron chi connectivity index (χ3n) is 3.16. The van der Waals surface area contributed by atoms with Crippen molar-refractivity contribution in [1.82, 2.24) is 0 Å². The van der Waals surface area contributed by atoms with Crippen LogP contribution in [0, 0.1) is 0 Å². The Bertz CT molecular complexity index is 217. The Morgan fingerprint density at radius 3 is 1.16 bits per heavy atom. The van der Waals surface area contributed by atoms with Gasteiger partial charge >= 0.3 is 141 Å². The van der Waals surface area contributed by atoms with Crippen LogP contribution in [0.2, 0.25) is 6.86 Å². The van der Waals surface area contributed by atoms with Crippen LogP contribution in [0.4, 0.5) is 0 Å². The van der Waals surface area contributed by atoms with Gasteiger partial charge in [0.05, 0.1) is 0 Å². The van der Waals surface area contributed by atoms with Crippen molar-refractivity contribution in [2.75, 3.05) is 35.5 Å². The minimum atomic E-state index is -2.36. The first-order valence-electron chi connectivity index (χ1n) is 6.88. The molecular weight excluding hydrogens is 415 g/mol. The van der Waals surface area contributed by atoms with E-state index in [0.717, 1.165) is 0 Å². The van der Waals surface area contributed by atoms with Gasteiger partial charge in [0.2, 0.25) is 0 Å². The molecule has 0 bridgehead atoms. The minimum absolute atomic E-state index is 0.513. The average Bonchev–Trinajstić information content (AvgIpc) is 2.24. The van der Waals surface area contributed by atoms with Gasteiger partial charge in [-0.3, -0.25) is 0 Å². The van der Waals surface area contributed by atoms with Gasteiger partial charge in [-0.05, 0) is 0 Å². The molecule has 0 saturated heterocycles. The van der Waals surface area contributed by atoms with Crippen molar-refractivity contribution in [3.8, 4) is 0 Å². The topological polar surface area (TPSA) is 0 Å². The van der Waals surface area contributed by atoms with Crippen LogP contribution >= 0.6 is 41.4 Å². The Morgan fingerprint density at radius 2 is 0.947 bits per heavy atom. The van der Waals surface area contributed by atoms with Gasteiger partial charge in [-0.15, -0.1) is 0 Å². The van der Waals surface area contributed by atoms with E-state index >= 15 is 0 Å². The van der Waals surface area contributed by atoms with Gasteiger partial charge < -0.3 is 0 Å². The van der Waals surface area contributed by atoms with E-state index in [2.05, 4.69) is 71.9 Å². The van der Waals surface area contributed by atoms with E-state index < -0.39 is 15.6 Å². The number of rotatable bonds is 8. The molecule has 0 unspecified atom stereocenters. The van der Waals surface area contributed by atoms with Crippen molar-refractivity contribution in [3.63, 3.8) is 0 Å². The summed E-state index contributed by atoms with van der Waals surface area (Å²) in [6.07, 6.45) is 4.46. The third-order valence-corrected chi connectivity index (χ3v) is 49.4. The summed E-state index contributed by atoms with van der Waals surface area (Å²) in [7, 11) is 4.80. The molecule has 0 aliphatic carbocycles. The van der Waals surface area contributed by atoms with Crippen LogP contribution in [0.1, 0.15) is 41.5 Å². The Hall–Kier alpha value is 2.20. The SMILES string of the molecule is CSCC[S][Sn]([S]CCSC)([C](C)(C)C)[C](C)(C)C. The van der Waals surface area contributed by atoms with E-state index in [9.17, 15) is 0 Å². The summed E-state index contributed by atoms with van der Waals surface area (Å²) >= 11 is 1.62. The molecule has 0 fully saturated rings. The Kier molecular flexibility index (Phi) is 10.4. The first-order chi connectivity index (χ1) is 8.62. The normalized spacial score (nSPS) is 13.9. The molecule has 0 saturated carbocycles. The molecule has 19 heavy (non-hydrogen) atoms. The molecule has 0 aromatic carbocycles. The molecule has 0 amide bonds. The zero-order valence-corrected chi connectivity index (χ0v) is 20.1. The van der Waals surface area contributed by atoms with Crippen molar-refractivity contribution in [3.05, 3.63) is 0 Å². The van der Waals surface area contributed by atoms with E-state index in [4.69, 9.17) is 0 Å². The maximum atomic E-state index is 2.51. The van der Waals surface area contributed by atoms with Crippen LogP contribution in [-0.4, -0.2) is 51.1 Å². The molecule has 0 atom stereocenters. The van der Waals surface area contributed by atoms with Gasteiger partial charge in [0.15, 0.2) is 0 Å². The van der Waals surface area contributed by atoms with Crippen molar-refractivity contribution >= 4 is 57.0 Å². The molecule has 0 heterocycles. The molecule has 0 aromatic heterocycles. The molecule has 0 spiro atoms. The van der Waals surface area contributed by atoms with Gasteiger partial charge in [-0.2, -0.15) is 0 Å². The second-order valence-electron chi connectivity index (χ2n) is 6.80. The van der Waals surface area contributed by atoms with Gasteiger partial charge in [0.25, 0.3) is 0 Å². The summed E-state index contributed by atoms with van der Waals surface area (Å²) in [5.41, 5.74) is 0.